The molecule has 2 aromatic carbocycles. The number of nitrogens with two attached hydrogens (primary N) is 1. The average molecular weight is 605 g/mol. The van der Waals surface area contributed by atoms with Crippen LogP contribution < -0.4 is 21.7 Å². The van der Waals surface area contributed by atoms with E-state index in [9.17, 15) is 39.3 Å². The molecule has 0 bridgehead atoms. The van der Waals surface area contributed by atoms with Gasteiger partial charge in [0.1, 0.15) is 29.6 Å². The predicted octanol–water partition coefficient (Wildman–Crippen LogP) is 0.367. The summed E-state index contributed by atoms with van der Waals surface area (Å²) < 4.78 is 0. The van der Waals surface area contributed by atoms with Crippen molar-refractivity contribution in [2.24, 2.45) is 5.73 Å². The summed E-state index contributed by atoms with van der Waals surface area (Å²) in [7, 11) is 0. The molecule has 0 aliphatic rings. The minimum Gasteiger partial charge on any atom is -0.508 e. The Morgan fingerprint density at radius 3 is 1.64 bits per heavy atom. The van der Waals surface area contributed by atoms with Crippen LogP contribution in [-0.2, 0) is 36.8 Å². The molecule has 42 heavy (non-hydrogen) atoms. The molecule has 3 amide bonds. The van der Waals surface area contributed by atoms with Crippen molar-refractivity contribution in [3.63, 3.8) is 0 Å². The molecule has 0 heterocycles. The molecule has 0 spiro atoms. The third-order valence-electron chi connectivity index (χ3n) is 6.25. The van der Waals surface area contributed by atoms with E-state index in [1.807, 2.05) is 0 Å². The number of hydrogen-bond acceptors (Lipinski definition) is 9. The number of aliphatic carboxylic acids is 2. The Bertz CT molecular complexity index is 1220. The third-order valence-corrected chi connectivity index (χ3v) is 6.89. The first-order valence-electron chi connectivity index (χ1n) is 13.1. The summed E-state index contributed by atoms with van der Waals surface area (Å²) in [6.07, 6.45) is 1.33. The van der Waals surface area contributed by atoms with Gasteiger partial charge in [-0.15, -0.1) is 0 Å². The topological polar surface area (TPSA) is 228 Å². The van der Waals surface area contributed by atoms with Gasteiger partial charge in [0, 0.05) is 19.3 Å². The normalized spacial score (nSPS) is 13.7. The summed E-state index contributed by atoms with van der Waals surface area (Å²) in [6, 6.07) is 6.85. The van der Waals surface area contributed by atoms with Gasteiger partial charge in [-0.2, -0.15) is 11.8 Å². The maximum Gasteiger partial charge on any atom is 0.326 e. The number of phenols is 2. The first-order chi connectivity index (χ1) is 19.9. The van der Waals surface area contributed by atoms with Crippen LogP contribution in [-0.4, -0.2) is 86.3 Å². The Morgan fingerprint density at radius 1 is 0.714 bits per heavy atom. The highest BCUT2D eigenvalue weighted by atomic mass is 32.2. The van der Waals surface area contributed by atoms with E-state index in [2.05, 4.69) is 16.0 Å². The van der Waals surface area contributed by atoms with Crippen LogP contribution in [0.2, 0.25) is 0 Å². The fourth-order valence-corrected chi connectivity index (χ4v) is 4.35. The van der Waals surface area contributed by atoms with Crippen LogP contribution in [0.4, 0.5) is 0 Å². The molecule has 4 atom stereocenters. The van der Waals surface area contributed by atoms with E-state index in [1.54, 1.807) is 18.4 Å². The molecule has 14 heteroatoms. The van der Waals surface area contributed by atoms with Crippen molar-refractivity contribution >= 4 is 41.4 Å². The number of benzene rings is 2. The predicted molar refractivity (Wildman–Crippen MR) is 155 cm³/mol. The van der Waals surface area contributed by atoms with Crippen molar-refractivity contribution < 1.29 is 44.4 Å². The highest BCUT2D eigenvalue weighted by Crippen LogP contribution is 2.14. The van der Waals surface area contributed by atoms with Crippen LogP contribution in [0.5, 0.6) is 11.5 Å². The van der Waals surface area contributed by atoms with Gasteiger partial charge in [-0.05, 0) is 60.2 Å². The first-order valence-corrected chi connectivity index (χ1v) is 14.4. The van der Waals surface area contributed by atoms with Crippen molar-refractivity contribution in [2.45, 2.75) is 56.3 Å². The number of aromatic hydroxyl groups is 2. The molecule has 0 saturated carbocycles. The van der Waals surface area contributed by atoms with Gasteiger partial charge >= 0.3 is 11.9 Å². The van der Waals surface area contributed by atoms with E-state index >= 15 is 0 Å². The number of carboxylic acids is 2. The number of amides is 3. The number of hydrogen-bond donors (Lipinski definition) is 8. The lowest BCUT2D eigenvalue weighted by molar-refractivity contribution is -0.142. The standard InChI is InChI=1S/C28H36N4O9S/c1-42-13-12-21(26(38)32-23(28(40)41)15-17-4-8-19(34)9-5-17)30-27(39)22(14-16-2-6-18(33)7-3-16)31-25(37)20(29)10-11-24(35)36/h2-9,20-23,33-34H,10-15,29H2,1H3,(H,30,39)(H,31,37)(H,32,38)(H,35,36)(H,40,41). The fraction of sp³-hybridized carbons (Fsp3) is 0.393. The Labute approximate surface area is 246 Å². The number of rotatable bonds is 17. The molecule has 2 aromatic rings. The van der Waals surface area contributed by atoms with Gasteiger partial charge in [0.25, 0.3) is 0 Å². The number of nitrogens with one attached hydrogen (secondary N) is 3. The van der Waals surface area contributed by atoms with Crippen LogP contribution in [0.1, 0.15) is 30.4 Å². The van der Waals surface area contributed by atoms with Crippen LogP contribution in [0, 0.1) is 0 Å². The van der Waals surface area contributed by atoms with Crippen molar-refractivity contribution in [2.75, 3.05) is 12.0 Å². The van der Waals surface area contributed by atoms with Crippen LogP contribution in [0.15, 0.2) is 48.5 Å². The van der Waals surface area contributed by atoms with E-state index in [0.717, 1.165) is 0 Å². The molecule has 0 aliphatic carbocycles. The van der Waals surface area contributed by atoms with Gasteiger partial charge in [0.05, 0.1) is 6.04 Å². The van der Waals surface area contributed by atoms with E-state index in [-0.39, 0.29) is 43.6 Å². The Hall–Kier alpha value is -4.30. The summed E-state index contributed by atoms with van der Waals surface area (Å²) >= 11 is 1.41. The summed E-state index contributed by atoms with van der Waals surface area (Å²) in [6.45, 7) is 0. The molecule has 4 unspecified atom stereocenters. The smallest absolute Gasteiger partial charge is 0.326 e. The van der Waals surface area contributed by atoms with Crippen molar-refractivity contribution in [3.05, 3.63) is 59.7 Å². The van der Waals surface area contributed by atoms with Crippen LogP contribution in [0.25, 0.3) is 0 Å². The van der Waals surface area contributed by atoms with Gasteiger partial charge in [-0.25, -0.2) is 4.79 Å². The second-order valence-corrected chi connectivity index (χ2v) is 10.6. The molecule has 0 aromatic heterocycles. The molecular weight excluding hydrogens is 568 g/mol. The van der Waals surface area contributed by atoms with Gasteiger partial charge in [0.2, 0.25) is 17.7 Å². The molecule has 13 nitrogen and oxygen atoms in total. The highest BCUT2D eigenvalue weighted by molar-refractivity contribution is 7.98. The number of carbonyl (C=O) groups excluding carboxylic acids is 3. The zero-order valence-electron chi connectivity index (χ0n) is 23.0. The van der Waals surface area contributed by atoms with Crippen LogP contribution in [0.3, 0.4) is 0 Å². The van der Waals surface area contributed by atoms with E-state index in [4.69, 9.17) is 10.8 Å². The first kappa shape index (κ1) is 33.9. The van der Waals surface area contributed by atoms with Gasteiger partial charge < -0.3 is 42.1 Å². The van der Waals surface area contributed by atoms with Crippen molar-refractivity contribution in [1.82, 2.24) is 16.0 Å². The van der Waals surface area contributed by atoms with Crippen molar-refractivity contribution in [1.29, 1.82) is 0 Å². The van der Waals surface area contributed by atoms with Crippen molar-refractivity contribution in [3.8, 4) is 11.5 Å². The van der Waals surface area contributed by atoms with Gasteiger partial charge in [-0.1, -0.05) is 24.3 Å². The lowest BCUT2D eigenvalue weighted by Gasteiger charge is -2.25. The second kappa shape index (κ2) is 16.8. The zero-order chi connectivity index (χ0) is 31.2. The summed E-state index contributed by atoms with van der Waals surface area (Å²) in [5, 5.41) is 45.2. The minimum atomic E-state index is -1.32. The second-order valence-electron chi connectivity index (χ2n) is 9.58. The molecular formula is C28H36N4O9S. The number of thioether (sulfide) groups is 1. The SMILES string of the molecule is CSCCC(NC(=O)C(Cc1ccc(O)cc1)NC(=O)C(N)CCC(=O)O)C(=O)NC(Cc1ccc(O)cc1)C(=O)O. The molecule has 0 saturated heterocycles. The fourth-order valence-electron chi connectivity index (χ4n) is 3.88. The molecule has 0 radical (unpaired) electrons. The monoisotopic (exact) mass is 604 g/mol. The van der Waals surface area contributed by atoms with Gasteiger partial charge in [0.15, 0.2) is 0 Å². The molecule has 0 aliphatic heterocycles. The van der Waals surface area contributed by atoms with E-state index in [1.165, 1.54) is 48.2 Å². The maximum atomic E-state index is 13.4. The Balaban J connectivity index is 2.22. The molecule has 228 valence electrons. The number of carbonyl (C=O) groups is 5. The lowest BCUT2D eigenvalue weighted by Crippen LogP contribution is -2.58. The highest BCUT2D eigenvalue weighted by Gasteiger charge is 2.30. The average Bonchev–Trinajstić information content (AvgIpc) is 2.95. The van der Waals surface area contributed by atoms with Crippen LogP contribution >= 0.6 is 11.8 Å². The Kier molecular flexibility index (Phi) is 13.6. The lowest BCUT2D eigenvalue weighted by atomic mass is 10.0. The molecule has 2 rings (SSSR count). The minimum absolute atomic E-state index is 0.00583. The summed E-state index contributed by atoms with van der Waals surface area (Å²) in [5.74, 6) is -4.23. The Morgan fingerprint density at radius 2 is 1.17 bits per heavy atom. The number of phenolic OH excluding ortho intramolecular Hbond substituents is 2. The van der Waals surface area contributed by atoms with E-state index in [0.29, 0.717) is 16.9 Å². The maximum absolute atomic E-state index is 13.4. The summed E-state index contributed by atoms with van der Waals surface area (Å²) in [4.78, 5) is 62.1. The molecule has 0 fully saturated rings. The quantitative estimate of drug-likeness (QED) is 0.123. The number of carboxylic acid groups (broad SMARTS) is 2. The van der Waals surface area contributed by atoms with E-state index < -0.39 is 53.8 Å². The third kappa shape index (κ3) is 11.7. The molecule has 9 N–H and O–H groups in total. The largest absolute Gasteiger partial charge is 0.508 e. The summed E-state index contributed by atoms with van der Waals surface area (Å²) in [5.41, 5.74) is 6.94. The van der Waals surface area contributed by atoms with Gasteiger partial charge in [-0.3, -0.25) is 19.2 Å². The zero-order valence-corrected chi connectivity index (χ0v) is 23.8.